The van der Waals surface area contributed by atoms with E-state index in [-0.39, 0.29) is 5.41 Å². The highest BCUT2D eigenvalue weighted by atomic mass is 32.2. The summed E-state index contributed by atoms with van der Waals surface area (Å²) in [4.78, 5) is 11.0. The van der Waals surface area contributed by atoms with Crippen LogP contribution in [0.2, 0.25) is 0 Å². The third kappa shape index (κ3) is 4.60. The Morgan fingerprint density at radius 3 is 2.67 bits per heavy atom. The zero-order valence-electron chi connectivity index (χ0n) is 14.8. The lowest BCUT2D eigenvalue weighted by atomic mass is 9.96. The second kappa shape index (κ2) is 8.33. The Morgan fingerprint density at radius 1 is 1.25 bits per heavy atom. The normalized spacial score (nSPS) is 11.5. The van der Waals surface area contributed by atoms with Gasteiger partial charge in [-0.3, -0.25) is 4.79 Å². The molecule has 1 heterocycles. The predicted molar refractivity (Wildman–Crippen MR) is 97.1 cm³/mol. The Hall–Kier alpha value is -1.82. The summed E-state index contributed by atoms with van der Waals surface area (Å²) in [7, 11) is 0. The summed E-state index contributed by atoms with van der Waals surface area (Å²) in [6, 6.07) is 7.28. The van der Waals surface area contributed by atoms with Gasteiger partial charge >= 0.3 is 0 Å². The summed E-state index contributed by atoms with van der Waals surface area (Å²) in [6.45, 7) is 10.00. The van der Waals surface area contributed by atoms with Crippen molar-refractivity contribution in [1.82, 2.24) is 14.8 Å². The number of para-hydroxylation sites is 1. The summed E-state index contributed by atoms with van der Waals surface area (Å²) in [5.74, 6) is 2.55. The van der Waals surface area contributed by atoms with Crippen molar-refractivity contribution in [3.05, 3.63) is 35.7 Å². The topological polar surface area (TPSA) is 57.0 Å². The lowest BCUT2D eigenvalue weighted by Gasteiger charge is -2.18. The molecular weight excluding hydrogens is 322 g/mol. The van der Waals surface area contributed by atoms with Gasteiger partial charge in [-0.1, -0.05) is 44.7 Å². The zero-order chi connectivity index (χ0) is 17.6. The molecule has 5 nitrogen and oxygen atoms in total. The molecule has 2 rings (SSSR count). The van der Waals surface area contributed by atoms with Crippen LogP contribution in [0.15, 0.2) is 29.4 Å². The van der Waals surface area contributed by atoms with Gasteiger partial charge < -0.3 is 9.30 Å². The van der Waals surface area contributed by atoms with Gasteiger partial charge in [-0.05, 0) is 25.5 Å². The first kappa shape index (κ1) is 18.5. The van der Waals surface area contributed by atoms with E-state index in [2.05, 4.69) is 42.5 Å². The molecule has 2 aromatic rings. The van der Waals surface area contributed by atoms with Crippen molar-refractivity contribution in [2.45, 2.75) is 51.2 Å². The summed E-state index contributed by atoms with van der Waals surface area (Å²) in [5, 5.41) is 9.63. The van der Waals surface area contributed by atoms with Crippen molar-refractivity contribution in [1.29, 1.82) is 0 Å². The van der Waals surface area contributed by atoms with Crippen LogP contribution in [0.4, 0.5) is 0 Å². The first-order valence-corrected chi connectivity index (χ1v) is 9.19. The number of carbonyl (C=O) groups excluding carboxylic acids is 1. The van der Waals surface area contributed by atoms with E-state index in [0.29, 0.717) is 17.9 Å². The number of ether oxygens (including phenoxy) is 1. The van der Waals surface area contributed by atoms with Crippen molar-refractivity contribution < 1.29 is 9.53 Å². The van der Waals surface area contributed by atoms with Crippen LogP contribution in [0.3, 0.4) is 0 Å². The highest BCUT2D eigenvalue weighted by Gasteiger charge is 2.23. The van der Waals surface area contributed by atoms with Crippen LogP contribution in [-0.4, -0.2) is 33.4 Å². The fraction of sp³-hybridized carbons (Fsp3) is 0.500. The van der Waals surface area contributed by atoms with Crippen molar-refractivity contribution in [3.63, 3.8) is 0 Å². The van der Waals surface area contributed by atoms with Crippen LogP contribution < -0.4 is 4.74 Å². The summed E-state index contributed by atoms with van der Waals surface area (Å²) < 4.78 is 7.87. The first-order chi connectivity index (χ1) is 11.5. The monoisotopic (exact) mass is 347 g/mol. The maximum absolute atomic E-state index is 11.0. The minimum atomic E-state index is -0.0104. The van der Waals surface area contributed by atoms with Gasteiger partial charge in [0.1, 0.15) is 11.6 Å². The Kier molecular flexibility index (Phi) is 6.43. The molecule has 0 atom stereocenters. The lowest BCUT2D eigenvalue weighted by Crippen LogP contribution is -2.19. The van der Waals surface area contributed by atoms with Crippen LogP contribution >= 0.6 is 11.8 Å². The second-order valence-corrected chi connectivity index (χ2v) is 7.57. The highest BCUT2D eigenvalue weighted by Crippen LogP contribution is 2.25. The molecule has 130 valence electrons. The van der Waals surface area contributed by atoms with E-state index in [1.54, 1.807) is 17.8 Å². The van der Waals surface area contributed by atoms with E-state index in [0.717, 1.165) is 36.0 Å². The molecule has 0 aliphatic heterocycles. The maximum atomic E-state index is 11.0. The van der Waals surface area contributed by atoms with Gasteiger partial charge in [0.25, 0.3) is 0 Å². The summed E-state index contributed by atoms with van der Waals surface area (Å²) in [6.07, 6.45) is 1.70. The molecule has 1 aromatic heterocycles. The molecule has 6 heteroatoms. The quantitative estimate of drug-likeness (QED) is 0.411. The van der Waals surface area contributed by atoms with Gasteiger partial charge in [0, 0.05) is 17.7 Å². The number of aromatic nitrogens is 3. The van der Waals surface area contributed by atoms with Crippen molar-refractivity contribution >= 4 is 18.0 Å². The predicted octanol–water partition coefficient (Wildman–Crippen LogP) is 3.97. The molecule has 0 N–H and O–H groups in total. The molecule has 0 aliphatic rings. The van der Waals surface area contributed by atoms with E-state index in [4.69, 9.17) is 4.74 Å². The van der Waals surface area contributed by atoms with Gasteiger partial charge in [0.2, 0.25) is 0 Å². The Balaban J connectivity index is 1.85. The number of aldehydes is 1. The van der Waals surface area contributed by atoms with Crippen LogP contribution in [0.1, 0.15) is 50.3 Å². The van der Waals surface area contributed by atoms with Gasteiger partial charge in [-0.15, -0.1) is 10.2 Å². The fourth-order valence-electron chi connectivity index (χ4n) is 2.35. The van der Waals surface area contributed by atoms with Gasteiger partial charge in [-0.25, -0.2) is 0 Å². The molecule has 0 aliphatic carbocycles. The van der Waals surface area contributed by atoms with E-state index >= 15 is 0 Å². The van der Waals surface area contributed by atoms with Crippen molar-refractivity contribution in [2.75, 3.05) is 12.4 Å². The largest absolute Gasteiger partial charge is 0.493 e. The van der Waals surface area contributed by atoms with Gasteiger partial charge in [-0.2, -0.15) is 0 Å². The summed E-state index contributed by atoms with van der Waals surface area (Å²) in [5.41, 5.74) is 0.578. The Morgan fingerprint density at radius 2 is 2.00 bits per heavy atom. The number of thioether (sulfide) groups is 1. The molecule has 0 saturated carbocycles. The number of rotatable bonds is 8. The first-order valence-electron chi connectivity index (χ1n) is 8.21. The molecular formula is C18H25N3O2S. The standard InChI is InChI=1S/C18H25N3O2S/c1-5-21-16(18(2,3)4)19-20-17(21)24-12-8-11-23-15-10-7-6-9-14(15)13-22/h6-7,9-10,13H,5,8,11-12H2,1-4H3. The fourth-order valence-corrected chi connectivity index (χ4v) is 3.26. The average molecular weight is 347 g/mol. The highest BCUT2D eigenvalue weighted by molar-refractivity contribution is 7.99. The Bertz CT molecular complexity index is 677. The molecule has 0 bridgehead atoms. The SMILES string of the molecule is CCn1c(SCCCOc2ccccc2C=O)nnc1C(C)(C)C. The third-order valence-electron chi connectivity index (χ3n) is 3.53. The summed E-state index contributed by atoms with van der Waals surface area (Å²) >= 11 is 1.69. The molecule has 0 amide bonds. The zero-order valence-corrected chi connectivity index (χ0v) is 15.6. The number of benzene rings is 1. The third-order valence-corrected chi connectivity index (χ3v) is 4.58. The Labute approximate surface area is 147 Å². The van der Waals surface area contributed by atoms with E-state index in [9.17, 15) is 4.79 Å². The lowest BCUT2D eigenvalue weighted by molar-refractivity contribution is 0.111. The number of nitrogens with zero attached hydrogens (tertiary/aromatic N) is 3. The molecule has 0 fully saturated rings. The van der Waals surface area contributed by atoms with Crippen LogP contribution in [0, 0.1) is 0 Å². The molecule has 0 unspecified atom stereocenters. The van der Waals surface area contributed by atoms with Gasteiger partial charge in [0.15, 0.2) is 11.4 Å². The van der Waals surface area contributed by atoms with E-state index in [1.165, 1.54) is 0 Å². The van der Waals surface area contributed by atoms with Gasteiger partial charge in [0.05, 0.1) is 12.2 Å². The molecule has 0 spiro atoms. The van der Waals surface area contributed by atoms with Crippen molar-refractivity contribution in [2.24, 2.45) is 0 Å². The molecule has 0 saturated heterocycles. The minimum Gasteiger partial charge on any atom is -0.493 e. The van der Waals surface area contributed by atoms with Crippen molar-refractivity contribution in [3.8, 4) is 5.75 Å². The molecule has 24 heavy (non-hydrogen) atoms. The smallest absolute Gasteiger partial charge is 0.191 e. The molecule has 0 radical (unpaired) electrons. The van der Waals surface area contributed by atoms with E-state index in [1.807, 2.05) is 18.2 Å². The number of carbonyl (C=O) groups is 1. The molecule has 1 aromatic carbocycles. The van der Waals surface area contributed by atoms with E-state index < -0.39 is 0 Å². The number of hydrogen-bond donors (Lipinski definition) is 0. The second-order valence-electron chi connectivity index (χ2n) is 6.51. The maximum Gasteiger partial charge on any atom is 0.191 e. The number of hydrogen-bond acceptors (Lipinski definition) is 5. The van der Waals surface area contributed by atoms with Crippen LogP contribution in [-0.2, 0) is 12.0 Å². The van der Waals surface area contributed by atoms with Crippen LogP contribution in [0.5, 0.6) is 5.75 Å². The minimum absolute atomic E-state index is 0.0104. The van der Waals surface area contributed by atoms with Crippen LogP contribution in [0.25, 0.3) is 0 Å². The average Bonchev–Trinajstić information content (AvgIpc) is 2.98.